The molecule has 4 nitrogen and oxygen atoms in total. The van der Waals surface area contributed by atoms with Crippen molar-refractivity contribution in [3.05, 3.63) is 52.1 Å². The van der Waals surface area contributed by atoms with Gasteiger partial charge in [-0.25, -0.2) is 9.82 Å². The molecular formula is C14H19FN4. The van der Waals surface area contributed by atoms with Gasteiger partial charge in [0.25, 0.3) is 0 Å². The largest absolute Gasteiger partial charge is 0.272 e. The molecule has 1 unspecified atom stereocenters. The zero-order valence-corrected chi connectivity index (χ0v) is 11.7. The fourth-order valence-electron chi connectivity index (χ4n) is 2.46. The van der Waals surface area contributed by atoms with Gasteiger partial charge >= 0.3 is 0 Å². The monoisotopic (exact) mass is 262 g/mol. The van der Waals surface area contributed by atoms with Gasteiger partial charge in [-0.3, -0.25) is 10.5 Å². The Kier molecular flexibility index (Phi) is 3.68. The summed E-state index contributed by atoms with van der Waals surface area (Å²) in [4.78, 5) is 0. The summed E-state index contributed by atoms with van der Waals surface area (Å²) in [5.41, 5.74) is 7.52. The average molecular weight is 262 g/mol. The molecule has 5 heteroatoms. The van der Waals surface area contributed by atoms with Crippen LogP contribution in [0, 0.1) is 26.6 Å². The van der Waals surface area contributed by atoms with E-state index in [1.807, 2.05) is 32.5 Å². The van der Waals surface area contributed by atoms with Crippen LogP contribution in [0.1, 0.15) is 34.1 Å². The fraction of sp³-hybridized carbons (Fsp3) is 0.357. The molecule has 0 spiro atoms. The Balaban J connectivity index is 2.59. The Morgan fingerprint density at radius 3 is 2.53 bits per heavy atom. The lowest BCUT2D eigenvalue weighted by Crippen LogP contribution is -2.30. The predicted octanol–water partition coefficient (Wildman–Crippen LogP) is 2.04. The van der Waals surface area contributed by atoms with Gasteiger partial charge in [-0.05, 0) is 44.0 Å². The van der Waals surface area contributed by atoms with Gasteiger partial charge in [-0.1, -0.05) is 6.07 Å². The summed E-state index contributed by atoms with van der Waals surface area (Å²) in [5.74, 6) is 5.43. The number of aryl methyl sites for hydroxylation is 3. The summed E-state index contributed by atoms with van der Waals surface area (Å²) in [7, 11) is 1.89. The van der Waals surface area contributed by atoms with Gasteiger partial charge in [0.1, 0.15) is 5.82 Å². The van der Waals surface area contributed by atoms with Crippen LogP contribution in [0.3, 0.4) is 0 Å². The highest BCUT2D eigenvalue weighted by molar-refractivity contribution is 5.40. The summed E-state index contributed by atoms with van der Waals surface area (Å²) >= 11 is 0. The van der Waals surface area contributed by atoms with Crippen LogP contribution in [-0.4, -0.2) is 9.78 Å². The second kappa shape index (κ2) is 5.11. The molecule has 2 aromatic rings. The van der Waals surface area contributed by atoms with Crippen molar-refractivity contribution in [1.82, 2.24) is 15.2 Å². The number of hydrogen-bond acceptors (Lipinski definition) is 3. The van der Waals surface area contributed by atoms with Crippen LogP contribution in [0.5, 0.6) is 0 Å². The maximum Gasteiger partial charge on any atom is 0.123 e. The summed E-state index contributed by atoms with van der Waals surface area (Å²) < 4.78 is 15.3. The van der Waals surface area contributed by atoms with Gasteiger partial charge in [-0.2, -0.15) is 5.10 Å². The molecule has 102 valence electrons. The molecule has 0 amide bonds. The third-order valence-corrected chi connectivity index (χ3v) is 3.57. The third kappa shape index (κ3) is 2.39. The molecule has 0 fully saturated rings. The van der Waals surface area contributed by atoms with Crippen molar-refractivity contribution in [2.75, 3.05) is 0 Å². The zero-order valence-electron chi connectivity index (χ0n) is 11.7. The van der Waals surface area contributed by atoms with Crippen molar-refractivity contribution in [2.24, 2.45) is 12.9 Å². The van der Waals surface area contributed by atoms with E-state index in [1.165, 1.54) is 12.1 Å². The Bertz CT molecular complexity index is 604. The van der Waals surface area contributed by atoms with Crippen molar-refractivity contribution in [2.45, 2.75) is 26.8 Å². The molecule has 0 saturated carbocycles. The lowest BCUT2D eigenvalue weighted by Gasteiger charge is -2.19. The number of rotatable bonds is 3. The topological polar surface area (TPSA) is 55.9 Å². The number of halogens is 1. The lowest BCUT2D eigenvalue weighted by atomic mass is 9.94. The highest BCUT2D eigenvalue weighted by Gasteiger charge is 2.22. The first kappa shape index (κ1) is 13.7. The maximum atomic E-state index is 13.5. The van der Waals surface area contributed by atoms with Crippen molar-refractivity contribution in [3.63, 3.8) is 0 Å². The van der Waals surface area contributed by atoms with Crippen molar-refractivity contribution >= 4 is 0 Å². The number of nitrogens with one attached hydrogen (secondary N) is 1. The first-order valence-corrected chi connectivity index (χ1v) is 6.18. The van der Waals surface area contributed by atoms with E-state index in [-0.39, 0.29) is 11.9 Å². The van der Waals surface area contributed by atoms with Gasteiger partial charge in [-0.15, -0.1) is 0 Å². The highest BCUT2D eigenvalue weighted by atomic mass is 19.1. The Morgan fingerprint density at radius 1 is 1.32 bits per heavy atom. The van der Waals surface area contributed by atoms with E-state index in [0.29, 0.717) is 0 Å². The van der Waals surface area contributed by atoms with Gasteiger partial charge in [0.2, 0.25) is 0 Å². The van der Waals surface area contributed by atoms with Crippen LogP contribution < -0.4 is 11.3 Å². The summed E-state index contributed by atoms with van der Waals surface area (Å²) in [6.07, 6.45) is 0. The molecule has 0 aliphatic carbocycles. The highest BCUT2D eigenvalue weighted by Crippen LogP contribution is 2.29. The van der Waals surface area contributed by atoms with Gasteiger partial charge in [0.15, 0.2) is 0 Å². The van der Waals surface area contributed by atoms with Crippen molar-refractivity contribution in [3.8, 4) is 0 Å². The molecular weight excluding hydrogens is 243 g/mol. The van der Waals surface area contributed by atoms with Crippen molar-refractivity contribution < 1.29 is 4.39 Å². The Morgan fingerprint density at radius 2 is 2.00 bits per heavy atom. The van der Waals surface area contributed by atoms with Crippen LogP contribution >= 0.6 is 0 Å². The van der Waals surface area contributed by atoms with Crippen LogP contribution in [0.25, 0.3) is 0 Å². The van der Waals surface area contributed by atoms with Crippen LogP contribution in [0.15, 0.2) is 18.2 Å². The molecule has 0 bridgehead atoms. The number of benzene rings is 1. The summed E-state index contributed by atoms with van der Waals surface area (Å²) in [6, 6.07) is 4.47. The van der Waals surface area contributed by atoms with Crippen molar-refractivity contribution in [1.29, 1.82) is 0 Å². The zero-order chi connectivity index (χ0) is 14.2. The minimum Gasteiger partial charge on any atom is -0.272 e. The summed E-state index contributed by atoms with van der Waals surface area (Å²) in [5, 5.41) is 4.38. The standard InChI is InChI=1S/C14H19FN4/c1-8-5-6-11(15)7-12(8)14(17-16)13-9(2)18-19(4)10(13)3/h5-7,14,17H,16H2,1-4H3. The molecule has 0 saturated heterocycles. The minimum atomic E-state index is -0.264. The van der Waals surface area contributed by atoms with Gasteiger partial charge in [0.05, 0.1) is 11.7 Å². The molecule has 3 N–H and O–H groups in total. The van der Waals surface area contributed by atoms with E-state index < -0.39 is 0 Å². The molecule has 1 heterocycles. The molecule has 0 aliphatic heterocycles. The molecule has 2 rings (SSSR count). The number of aromatic nitrogens is 2. The molecule has 19 heavy (non-hydrogen) atoms. The van der Waals surface area contributed by atoms with Crippen LogP contribution in [-0.2, 0) is 7.05 Å². The molecule has 1 aromatic carbocycles. The second-order valence-corrected chi connectivity index (χ2v) is 4.81. The molecule has 0 radical (unpaired) electrons. The normalized spacial score (nSPS) is 12.7. The molecule has 1 aromatic heterocycles. The van der Waals surface area contributed by atoms with Gasteiger partial charge in [0, 0.05) is 18.3 Å². The first-order valence-electron chi connectivity index (χ1n) is 6.18. The van der Waals surface area contributed by atoms with Gasteiger partial charge < -0.3 is 0 Å². The second-order valence-electron chi connectivity index (χ2n) is 4.81. The summed E-state index contributed by atoms with van der Waals surface area (Å²) in [6.45, 7) is 5.86. The Hall–Kier alpha value is -1.72. The molecule has 1 atom stereocenters. The maximum absolute atomic E-state index is 13.5. The minimum absolute atomic E-state index is 0.260. The molecule has 0 aliphatic rings. The fourth-order valence-corrected chi connectivity index (χ4v) is 2.46. The van der Waals surface area contributed by atoms with Crippen LogP contribution in [0.4, 0.5) is 4.39 Å². The van der Waals surface area contributed by atoms with Crippen LogP contribution in [0.2, 0.25) is 0 Å². The number of hydrogen-bond donors (Lipinski definition) is 2. The van der Waals surface area contributed by atoms with E-state index in [4.69, 9.17) is 5.84 Å². The van der Waals surface area contributed by atoms with E-state index in [9.17, 15) is 4.39 Å². The predicted molar refractivity (Wildman–Crippen MR) is 73.0 cm³/mol. The average Bonchev–Trinajstić information content (AvgIpc) is 2.61. The first-order chi connectivity index (χ1) is 8.95. The lowest BCUT2D eigenvalue weighted by molar-refractivity contribution is 0.599. The number of hydrazine groups is 1. The van der Waals surface area contributed by atoms with E-state index in [0.717, 1.165) is 28.1 Å². The van der Waals surface area contributed by atoms with E-state index in [1.54, 1.807) is 6.07 Å². The quantitative estimate of drug-likeness (QED) is 0.657. The van der Waals surface area contributed by atoms with E-state index in [2.05, 4.69) is 10.5 Å². The van der Waals surface area contributed by atoms with E-state index >= 15 is 0 Å². The number of nitrogens with zero attached hydrogens (tertiary/aromatic N) is 2. The smallest absolute Gasteiger partial charge is 0.123 e. The SMILES string of the molecule is Cc1ccc(F)cc1C(NN)c1c(C)nn(C)c1C. The Labute approximate surface area is 112 Å². The number of nitrogens with two attached hydrogens (primary N) is 1. The third-order valence-electron chi connectivity index (χ3n) is 3.57.